The lowest BCUT2D eigenvalue weighted by atomic mass is 10.1. The van der Waals surface area contributed by atoms with E-state index in [1.54, 1.807) is 30.1 Å². The molecule has 0 aliphatic carbocycles. The van der Waals surface area contributed by atoms with Gasteiger partial charge in [-0.1, -0.05) is 23.7 Å². The summed E-state index contributed by atoms with van der Waals surface area (Å²) in [4.78, 5) is 23.4. The van der Waals surface area contributed by atoms with Crippen LogP contribution in [0.2, 0.25) is 5.02 Å². The minimum absolute atomic E-state index is 0.735. The van der Waals surface area contributed by atoms with Gasteiger partial charge < -0.3 is 9.80 Å². The second-order valence-electron chi connectivity index (χ2n) is 6.56. The fourth-order valence-corrected chi connectivity index (χ4v) is 4.55. The van der Waals surface area contributed by atoms with Gasteiger partial charge in [-0.15, -0.1) is 11.3 Å². The van der Waals surface area contributed by atoms with Crippen molar-refractivity contribution in [2.45, 2.75) is 0 Å². The lowest BCUT2D eigenvalue weighted by Gasteiger charge is -2.35. The van der Waals surface area contributed by atoms with Crippen molar-refractivity contribution < 1.29 is 0 Å². The Morgan fingerprint density at radius 1 is 0.857 bits per heavy atom. The van der Waals surface area contributed by atoms with Gasteiger partial charge >= 0.3 is 0 Å². The first-order chi connectivity index (χ1) is 13.8. The zero-order valence-corrected chi connectivity index (χ0v) is 16.6. The molecule has 1 aliphatic heterocycles. The van der Waals surface area contributed by atoms with E-state index in [1.165, 1.54) is 0 Å². The molecule has 6 nitrogen and oxygen atoms in total. The van der Waals surface area contributed by atoms with Crippen molar-refractivity contribution >= 4 is 44.9 Å². The van der Waals surface area contributed by atoms with Crippen molar-refractivity contribution in [3.8, 4) is 11.1 Å². The van der Waals surface area contributed by atoms with Gasteiger partial charge in [0.15, 0.2) is 0 Å². The Balaban J connectivity index is 1.47. The normalized spacial score (nSPS) is 14.6. The third-order valence-corrected chi connectivity index (χ3v) is 6.06. The Morgan fingerprint density at radius 2 is 1.57 bits per heavy atom. The van der Waals surface area contributed by atoms with Crippen LogP contribution in [0.15, 0.2) is 54.4 Å². The molecule has 4 heterocycles. The van der Waals surface area contributed by atoms with Gasteiger partial charge in [-0.25, -0.2) is 19.9 Å². The van der Waals surface area contributed by atoms with Crippen molar-refractivity contribution in [3.05, 3.63) is 59.5 Å². The molecule has 5 rings (SSSR count). The summed E-state index contributed by atoms with van der Waals surface area (Å²) in [5.41, 5.74) is 2.28. The van der Waals surface area contributed by atoms with E-state index in [0.29, 0.717) is 0 Å². The van der Waals surface area contributed by atoms with Gasteiger partial charge in [0, 0.05) is 54.5 Å². The lowest BCUT2D eigenvalue weighted by Crippen LogP contribution is -2.47. The zero-order valence-electron chi connectivity index (χ0n) is 15.0. The second-order valence-corrected chi connectivity index (χ2v) is 7.85. The summed E-state index contributed by atoms with van der Waals surface area (Å²) in [6.45, 7) is 3.44. The number of piperazine rings is 1. The van der Waals surface area contributed by atoms with Crippen LogP contribution in [0.5, 0.6) is 0 Å². The molecule has 1 saturated heterocycles. The predicted octanol–water partition coefficient (Wildman–Crippen LogP) is 4.13. The molecule has 1 aromatic carbocycles. The van der Waals surface area contributed by atoms with E-state index in [-0.39, 0.29) is 0 Å². The maximum Gasteiger partial charge on any atom is 0.225 e. The maximum atomic E-state index is 6.06. The molecule has 1 aliphatic rings. The Kier molecular flexibility index (Phi) is 4.54. The molecule has 8 heteroatoms. The topological polar surface area (TPSA) is 58.0 Å². The fraction of sp³-hybridized carbons (Fsp3) is 0.200. The van der Waals surface area contributed by atoms with E-state index in [9.17, 15) is 0 Å². The van der Waals surface area contributed by atoms with Gasteiger partial charge in [-0.05, 0) is 23.8 Å². The van der Waals surface area contributed by atoms with Gasteiger partial charge in [0.2, 0.25) is 5.95 Å². The number of aromatic nitrogens is 4. The van der Waals surface area contributed by atoms with Crippen molar-refractivity contribution in [3.63, 3.8) is 0 Å². The molecule has 3 aromatic heterocycles. The number of anilines is 2. The standard InChI is InChI=1S/C20H17ClN6S/c21-15-4-2-14(3-5-15)16-12-28-19-17(16)18(24-13-25-19)26-8-10-27(11-9-26)20-22-6-1-7-23-20/h1-7,12-13H,8-11H2. The summed E-state index contributed by atoms with van der Waals surface area (Å²) < 4.78 is 0. The first-order valence-corrected chi connectivity index (χ1v) is 10.3. The quantitative estimate of drug-likeness (QED) is 0.508. The van der Waals surface area contributed by atoms with Crippen LogP contribution in [0.1, 0.15) is 0 Å². The van der Waals surface area contributed by atoms with E-state index >= 15 is 0 Å². The molecule has 0 N–H and O–H groups in total. The molecule has 0 atom stereocenters. The van der Waals surface area contributed by atoms with Crippen molar-refractivity contribution in [1.82, 2.24) is 19.9 Å². The molecule has 0 spiro atoms. The highest BCUT2D eigenvalue weighted by atomic mass is 35.5. The Labute approximate surface area is 171 Å². The summed E-state index contributed by atoms with van der Waals surface area (Å²) in [6, 6.07) is 9.77. The number of hydrogen-bond donors (Lipinski definition) is 0. The summed E-state index contributed by atoms with van der Waals surface area (Å²) >= 11 is 7.71. The Bertz CT molecular complexity index is 1090. The first-order valence-electron chi connectivity index (χ1n) is 9.04. The highest BCUT2D eigenvalue weighted by Gasteiger charge is 2.23. The number of rotatable bonds is 3. The molecule has 28 heavy (non-hydrogen) atoms. The van der Waals surface area contributed by atoms with Gasteiger partial charge in [-0.3, -0.25) is 0 Å². The third kappa shape index (κ3) is 3.16. The number of thiophene rings is 1. The minimum atomic E-state index is 0.735. The number of halogens is 1. The van der Waals surface area contributed by atoms with Crippen molar-refractivity contribution in [2.24, 2.45) is 0 Å². The predicted molar refractivity (Wildman–Crippen MR) is 114 cm³/mol. The summed E-state index contributed by atoms with van der Waals surface area (Å²) in [5, 5.41) is 4.00. The average molecular weight is 409 g/mol. The van der Waals surface area contributed by atoms with Gasteiger partial charge in [0.1, 0.15) is 17.0 Å². The van der Waals surface area contributed by atoms with Gasteiger partial charge in [0.05, 0.1) is 5.39 Å². The van der Waals surface area contributed by atoms with E-state index in [4.69, 9.17) is 11.6 Å². The Morgan fingerprint density at radius 3 is 2.32 bits per heavy atom. The smallest absolute Gasteiger partial charge is 0.225 e. The minimum Gasteiger partial charge on any atom is -0.352 e. The van der Waals surface area contributed by atoms with Crippen LogP contribution in [0.4, 0.5) is 11.8 Å². The summed E-state index contributed by atoms with van der Waals surface area (Å²) in [5.74, 6) is 1.78. The van der Waals surface area contributed by atoms with Crippen LogP contribution < -0.4 is 9.80 Å². The zero-order chi connectivity index (χ0) is 18.9. The maximum absolute atomic E-state index is 6.06. The molecule has 1 fully saturated rings. The fourth-order valence-electron chi connectivity index (χ4n) is 3.51. The molecular formula is C20H17ClN6S. The Hall–Kier alpha value is -2.77. The van der Waals surface area contributed by atoms with Crippen LogP contribution in [0.3, 0.4) is 0 Å². The van der Waals surface area contributed by atoms with Crippen molar-refractivity contribution in [2.75, 3.05) is 36.0 Å². The molecule has 140 valence electrons. The number of hydrogen-bond acceptors (Lipinski definition) is 7. The van der Waals surface area contributed by atoms with Crippen molar-refractivity contribution in [1.29, 1.82) is 0 Å². The monoisotopic (exact) mass is 408 g/mol. The van der Waals surface area contributed by atoms with E-state index in [0.717, 1.165) is 64.3 Å². The van der Waals surface area contributed by atoms with Crippen LogP contribution in [0.25, 0.3) is 21.3 Å². The van der Waals surface area contributed by atoms with Crippen LogP contribution >= 0.6 is 22.9 Å². The molecule has 0 bridgehead atoms. The highest BCUT2D eigenvalue weighted by Crippen LogP contribution is 2.38. The lowest BCUT2D eigenvalue weighted by molar-refractivity contribution is 0.636. The molecule has 4 aromatic rings. The van der Waals surface area contributed by atoms with Crippen LogP contribution in [-0.2, 0) is 0 Å². The van der Waals surface area contributed by atoms with E-state index in [2.05, 4.69) is 35.1 Å². The van der Waals surface area contributed by atoms with Gasteiger partial charge in [-0.2, -0.15) is 0 Å². The molecule has 0 unspecified atom stereocenters. The second kappa shape index (κ2) is 7.33. The highest BCUT2D eigenvalue weighted by molar-refractivity contribution is 7.17. The van der Waals surface area contributed by atoms with E-state index in [1.807, 2.05) is 30.3 Å². The average Bonchev–Trinajstić information content (AvgIpc) is 3.19. The molecule has 0 amide bonds. The van der Waals surface area contributed by atoms with Crippen LogP contribution in [0, 0.1) is 0 Å². The van der Waals surface area contributed by atoms with E-state index < -0.39 is 0 Å². The largest absolute Gasteiger partial charge is 0.352 e. The number of fused-ring (bicyclic) bond motifs is 1. The van der Waals surface area contributed by atoms with Gasteiger partial charge in [0.25, 0.3) is 0 Å². The molecular weight excluding hydrogens is 392 g/mol. The third-order valence-electron chi connectivity index (χ3n) is 4.92. The summed E-state index contributed by atoms with van der Waals surface area (Å²) in [7, 11) is 0. The first kappa shape index (κ1) is 17.3. The SMILES string of the molecule is Clc1ccc(-c2csc3ncnc(N4CCN(c5ncccn5)CC4)c23)cc1. The number of nitrogens with zero attached hydrogens (tertiary/aromatic N) is 6. The molecule has 0 saturated carbocycles. The van der Waals surface area contributed by atoms with Crippen LogP contribution in [-0.4, -0.2) is 46.1 Å². The molecule has 0 radical (unpaired) electrons. The number of benzene rings is 1. The summed E-state index contributed by atoms with van der Waals surface area (Å²) in [6.07, 6.45) is 5.23.